The predicted molar refractivity (Wildman–Crippen MR) is 63.5 cm³/mol. The summed E-state index contributed by atoms with van der Waals surface area (Å²) in [7, 11) is 1.59. The van der Waals surface area contributed by atoms with Gasteiger partial charge in [0.2, 0.25) is 0 Å². The molecule has 0 fully saturated rings. The van der Waals surface area contributed by atoms with Crippen LogP contribution in [0.2, 0.25) is 0 Å². The molecule has 4 nitrogen and oxygen atoms in total. The number of hydrogen-bond donors (Lipinski definition) is 0. The second kappa shape index (κ2) is 4.84. The highest BCUT2D eigenvalue weighted by molar-refractivity contribution is 9.10. The summed E-state index contributed by atoms with van der Waals surface area (Å²) in [6.45, 7) is 0. The van der Waals surface area contributed by atoms with Gasteiger partial charge in [0, 0.05) is 4.47 Å². The lowest BCUT2D eigenvalue weighted by molar-refractivity contribution is 0.403. The minimum absolute atomic E-state index is 0.225. The highest BCUT2D eigenvalue weighted by Gasteiger charge is 2.13. The van der Waals surface area contributed by atoms with Crippen molar-refractivity contribution in [2.75, 3.05) is 7.11 Å². The van der Waals surface area contributed by atoms with E-state index in [1.54, 1.807) is 7.11 Å². The van der Waals surface area contributed by atoms with Gasteiger partial charge in [0.1, 0.15) is 5.75 Å². The quantitative estimate of drug-likeness (QED) is 0.817. The van der Waals surface area contributed by atoms with E-state index in [9.17, 15) is 0 Å². The number of benzene rings is 1. The van der Waals surface area contributed by atoms with Gasteiger partial charge in [-0.2, -0.15) is 4.98 Å². The van der Waals surface area contributed by atoms with Crippen molar-refractivity contribution in [1.82, 2.24) is 10.1 Å². The summed E-state index contributed by atoms with van der Waals surface area (Å²) in [6, 6.07) is 5.55. The molecule has 2 rings (SSSR count). The average molecular weight is 304 g/mol. The van der Waals surface area contributed by atoms with Gasteiger partial charge in [0.15, 0.2) is 5.82 Å². The van der Waals surface area contributed by atoms with Gasteiger partial charge in [-0.25, -0.2) is 0 Å². The Bertz CT molecular complexity index is 501. The SMILES string of the molecule is COc1cc(Br)ccc1-c1nc(CCl)no1. The lowest BCUT2D eigenvalue weighted by Crippen LogP contribution is -1.88. The van der Waals surface area contributed by atoms with E-state index in [-0.39, 0.29) is 5.88 Å². The fraction of sp³-hybridized carbons (Fsp3) is 0.200. The fourth-order valence-corrected chi connectivity index (χ4v) is 1.71. The van der Waals surface area contributed by atoms with Gasteiger partial charge in [0.25, 0.3) is 5.89 Å². The Morgan fingerprint density at radius 1 is 1.50 bits per heavy atom. The Hall–Kier alpha value is -1.07. The standard InChI is InChI=1S/C10H8BrClN2O2/c1-15-8-4-6(11)2-3-7(8)10-13-9(5-12)14-16-10/h2-4H,5H2,1H3. The third-order valence-corrected chi connectivity index (χ3v) is 2.71. The number of rotatable bonds is 3. The molecule has 0 saturated carbocycles. The molecular formula is C10H8BrClN2O2. The van der Waals surface area contributed by atoms with Gasteiger partial charge >= 0.3 is 0 Å². The van der Waals surface area contributed by atoms with E-state index >= 15 is 0 Å². The normalized spacial score (nSPS) is 10.4. The molecule has 0 unspecified atom stereocenters. The molecule has 1 aromatic carbocycles. The van der Waals surface area contributed by atoms with E-state index in [0.717, 1.165) is 10.0 Å². The highest BCUT2D eigenvalue weighted by atomic mass is 79.9. The van der Waals surface area contributed by atoms with E-state index in [1.165, 1.54) is 0 Å². The Labute approximate surface area is 106 Å². The van der Waals surface area contributed by atoms with Crippen LogP contribution in [0.3, 0.4) is 0 Å². The van der Waals surface area contributed by atoms with Crippen LogP contribution in [0, 0.1) is 0 Å². The number of ether oxygens (including phenoxy) is 1. The fourth-order valence-electron chi connectivity index (χ4n) is 1.26. The molecule has 0 aliphatic carbocycles. The molecular weight excluding hydrogens is 295 g/mol. The van der Waals surface area contributed by atoms with Crippen LogP contribution in [0.15, 0.2) is 27.2 Å². The first-order valence-corrected chi connectivity index (χ1v) is 5.80. The monoisotopic (exact) mass is 302 g/mol. The molecule has 0 atom stereocenters. The van der Waals surface area contributed by atoms with Crippen molar-refractivity contribution in [3.63, 3.8) is 0 Å². The van der Waals surface area contributed by atoms with Gasteiger partial charge in [-0.3, -0.25) is 0 Å². The summed E-state index contributed by atoms with van der Waals surface area (Å²) in [5.41, 5.74) is 0.745. The number of halogens is 2. The molecule has 16 heavy (non-hydrogen) atoms. The smallest absolute Gasteiger partial charge is 0.261 e. The van der Waals surface area contributed by atoms with E-state index in [0.29, 0.717) is 17.5 Å². The Morgan fingerprint density at radius 3 is 2.94 bits per heavy atom. The molecule has 2 aromatic rings. The second-order valence-corrected chi connectivity index (χ2v) is 4.18. The molecule has 0 saturated heterocycles. The molecule has 0 aliphatic rings. The van der Waals surface area contributed by atoms with Crippen LogP contribution in [0.1, 0.15) is 5.82 Å². The largest absolute Gasteiger partial charge is 0.496 e. The number of nitrogens with zero attached hydrogens (tertiary/aromatic N) is 2. The van der Waals surface area contributed by atoms with Gasteiger partial charge in [0.05, 0.1) is 18.6 Å². The highest BCUT2D eigenvalue weighted by Crippen LogP contribution is 2.31. The first-order chi connectivity index (χ1) is 7.74. The van der Waals surface area contributed by atoms with Crippen molar-refractivity contribution >= 4 is 27.5 Å². The maximum atomic E-state index is 5.60. The van der Waals surface area contributed by atoms with Gasteiger partial charge in [-0.05, 0) is 18.2 Å². The van der Waals surface area contributed by atoms with Crippen LogP contribution in [-0.4, -0.2) is 17.3 Å². The van der Waals surface area contributed by atoms with Gasteiger partial charge in [-0.1, -0.05) is 21.1 Å². The number of alkyl halides is 1. The lowest BCUT2D eigenvalue weighted by Gasteiger charge is -2.04. The first kappa shape index (κ1) is 11.4. The van der Waals surface area contributed by atoms with Crippen LogP contribution in [-0.2, 0) is 5.88 Å². The van der Waals surface area contributed by atoms with Crippen molar-refractivity contribution in [1.29, 1.82) is 0 Å². The Morgan fingerprint density at radius 2 is 2.31 bits per heavy atom. The summed E-state index contributed by atoms with van der Waals surface area (Å²) in [6.07, 6.45) is 0. The number of methoxy groups -OCH3 is 1. The van der Waals surface area contributed by atoms with Crippen molar-refractivity contribution in [3.05, 3.63) is 28.5 Å². The van der Waals surface area contributed by atoms with Gasteiger partial charge in [-0.15, -0.1) is 11.6 Å². The summed E-state index contributed by atoms with van der Waals surface area (Å²) in [5.74, 6) is 1.75. The number of hydrogen-bond acceptors (Lipinski definition) is 4. The Balaban J connectivity index is 2.46. The van der Waals surface area contributed by atoms with E-state index < -0.39 is 0 Å². The summed E-state index contributed by atoms with van der Waals surface area (Å²) >= 11 is 8.96. The molecule has 0 radical (unpaired) electrons. The van der Waals surface area contributed by atoms with Crippen molar-refractivity contribution < 1.29 is 9.26 Å². The third kappa shape index (κ3) is 2.20. The molecule has 1 aromatic heterocycles. The molecule has 84 valence electrons. The maximum Gasteiger partial charge on any atom is 0.261 e. The molecule has 0 N–H and O–H groups in total. The van der Waals surface area contributed by atoms with E-state index in [4.69, 9.17) is 20.9 Å². The minimum atomic E-state index is 0.225. The number of aromatic nitrogens is 2. The van der Waals surface area contributed by atoms with Crippen molar-refractivity contribution in [2.24, 2.45) is 0 Å². The topological polar surface area (TPSA) is 48.2 Å². The zero-order valence-electron chi connectivity index (χ0n) is 8.41. The average Bonchev–Trinajstić information content (AvgIpc) is 2.77. The van der Waals surface area contributed by atoms with Crippen LogP contribution in [0.5, 0.6) is 5.75 Å². The molecule has 0 amide bonds. The van der Waals surface area contributed by atoms with Crippen LogP contribution < -0.4 is 4.74 Å². The molecule has 1 heterocycles. The van der Waals surface area contributed by atoms with E-state index in [1.807, 2.05) is 18.2 Å². The van der Waals surface area contributed by atoms with E-state index in [2.05, 4.69) is 26.1 Å². The summed E-state index contributed by atoms with van der Waals surface area (Å²) < 4.78 is 11.2. The van der Waals surface area contributed by atoms with Gasteiger partial charge < -0.3 is 9.26 Å². The predicted octanol–water partition coefficient (Wildman–Crippen LogP) is 3.25. The zero-order valence-corrected chi connectivity index (χ0v) is 10.7. The second-order valence-electron chi connectivity index (χ2n) is 2.99. The molecule has 0 aliphatic heterocycles. The van der Waals surface area contributed by atoms with Crippen LogP contribution >= 0.6 is 27.5 Å². The maximum absolute atomic E-state index is 5.60. The lowest BCUT2D eigenvalue weighted by atomic mass is 10.2. The molecule has 0 spiro atoms. The van der Waals surface area contributed by atoms with Crippen LogP contribution in [0.4, 0.5) is 0 Å². The van der Waals surface area contributed by atoms with Crippen molar-refractivity contribution in [3.8, 4) is 17.2 Å². The molecule has 6 heteroatoms. The minimum Gasteiger partial charge on any atom is -0.496 e. The third-order valence-electron chi connectivity index (χ3n) is 1.98. The summed E-state index contributed by atoms with van der Waals surface area (Å²) in [4.78, 5) is 4.13. The first-order valence-electron chi connectivity index (χ1n) is 4.47. The van der Waals surface area contributed by atoms with Crippen molar-refractivity contribution in [2.45, 2.75) is 5.88 Å². The molecule has 0 bridgehead atoms. The zero-order chi connectivity index (χ0) is 11.5. The summed E-state index contributed by atoms with van der Waals surface area (Å²) in [5, 5.41) is 3.72. The Kier molecular flexibility index (Phi) is 3.46. The van der Waals surface area contributed by atoms with Crippen LogP contribution in [0.25, 0.3) is 11.5 Å².